The van der Waals surface area contributed by atoms with E-state index in [-0.39, 0.29) is 5.75 Å². The summed E-state index contributed by atoms with van der Waals surface area (Å²) in [6.07, 6.45) is 6.58. The van der Waals surface area contributed by atoms with Gasteiger partial charge in [0.05, 0.1) is 5.75 Å². The molecule has 0 aromatic carbocycles. The lowest BCUT2D eigenvalue weighted by atomic mass is 10.4. The van der Waals surface area contributed by atoms with Gasteiger partial charge in [-0.05, 0) is 6.08 Å². The van der Waals surface area contributed by atoms with Crippen molar-refractivity contribution in [2.45, 2.75) is 5.16 Å². The molecule has 0 unspecified atom stereocenters. The van der Waals surface area contributed by atoms with E-state index in [2.05, 4.69) is 23.4 Å². The predicted octanol–water partition coefficient (Wildman–Crippen LogP) is 1.67. The summed E-state index contributed by atoms with van der Waals surface area (Å²) in [7, 11) is 0. The lowest BCUT2D eigenvalue weighted by Gasteiger charge is -2.03. The third-order valence-electron chi connectivity index (χ3n) is 1.58. The van der Waals surface area contributed by atoms with E-state index in [0.717, 1.165) is 11.8 Å². The Bertz CT molecular complexity index is 437. The number of hydrogen-bond acceptors (Lipinski definition) is 4. The molecule has 0 bridgehead atoms. The minimum absolute atomic E-state index is 0.0584. The highest BCUT2D eigenvalue weighted by Gasteiger charge is 2.08. The molecule has 1 aromatic heterocycles. The summed E-state index contributed by atoms with van der Waals surface area (Å²) in [6.45, 7) is 7.35. The Morgan fingerprint density at radius 3 is 3.06 bits per heavy atom. The van der Waals surface area contributed by atoms with Crippen LogP contribution in [0.15, 0.2) is 42.9 Å². The van der Waals surface area contributed by atoms with Crippen molar-refractivity contribution in [3.63, 3.8) is 0 Å². The summed E-state index contributed by atoms with van der Waals surface area (Å²) >= 11 is 1.09. The molecule has 0 amide bonds. The molecule has 5 nitrogen and oxygen atoms in total. The first-order chi connectivity index (χ1) is 7.65. The minimum Gasteiger partial charge on any atom is -0.481 e. The van der Waals surface area contributed by atoms with Crippen molar-refractivity contribution in [3.8, 4) is 0 Å². The molecule has 16 heavy (non-hydrogen) atoms. The fraction of sp³-hybridized carbons (Fsp3) is 0.100. The molecule has 1 rings (SSSR count). The first-order valence-electron chi connectivity index (χ1n) is 4.38. The first kappa shape index (κ1) is 12.3. The van der Waals surface area contributed by atoms with Gasteiger partial charge in [-0.1, -0.05) is 37.1 Å². The first-order valence-corrected chi connectivity index (χ1v) is 5.36. The lowest BCUT2D eigenvalue weighted by Crippen LogP contribution is -2.01. The Balaban J connectivity index is 2.77. The van der Waals surface area contributed by atoms with Crippen LogP contribution >= 0.6 is 11.8 Å². The van der Waals surface area contributed by atoms with E-state index in [9.17, 15) is 4.79 Å². The number of carboxylic acid groups (broad SMARTS) is 1. The van der Waals surface area contributed by atoms with Crippen LogP contribution in [-0.2, 0) is 4.79 Å². The van der Waals surface area contributed by atoms with Gasteiger partial charge in [-0.25, -0.2) is 0 Å². The maximum Gasteiger partial charge on any atom is 0.313 e. The highest BCUT2D eigenvalue weighted by atomic mass is 32.2. The van der Waals surface area contributed by atoms with Crippen molar-refractivity contribution in [2.75, 3.05) is 5.75 Å². The molecule has 0 saturated heterocycles. The van der Waals surface area contributed by atoms with Gasteiger partial charge in [0.15, 0.2) is 5.16 Å². The molecule has 0 aliphatic carbocycles. The normalized spacial score (nSPS) is 10.5. The average Bonchev–Trinajstić information content (AvgIpc) is 2.71. The number of thioether (sulfide) groups is 1. The molecule has 0 radical (unpaired) electrons. The summed E-state index contributed by atoms with van der Waals surface area (Å²) < 4.78 is 1.62. The molecule has 1 heterocycles. The molecule has 1 aromatic rings. The van der Waals surface area contributed by atoms with Crippen LogP contribution < -0.4 is 0 Å². The molecule has 0 aliphatic heterocycles. The fourth-order valence-electron chi connectivity index (χ4n) is 0.906. The number of allylic oxidation sites excluding steroid dienone is 4. The average molecular weight is 237 g/mol. The van der Waals surface area contributed by atoms with E-state index in [1.54, 1.807) is 22.8 Å². The number of rotatable bonds is 6. The predicted molar refractivity (Wildman–Crippen MR) is 63.0 cm³/mol. The van der Waals surface area contributed by atoms with Gasteiger partial charge in [0.2, 0.25) is 0 Å². The number of carbonyl (C=O) groups is 1. The van der Waals surface area contributed by atoms with E-state index in [1.165, 1.54) is 6.33 Å². The van der Waals surface area contributed by atoms with Crippen LogP contribution in [-0.4, -0.2) is 31.6 Å². The van der Waals surface area contributed by atoms with Crippen LogP contribution in [0, 0.1) is 0 Å². The number of carboxylic acids is 1. The quantitative estimate of drug-likeness (QED) is 0.602. The summed E-state index contributed by atoms with van der Waals surface area (Å²) in [4.78, 5) is 10.4. The molecule has 0 fully saturated rings. The monoisotopic (exact) mass is 237 g/mol. The Morgan fingerprint density at radius 1 is 1.69 bits per heavy atom. The molecule has 0 spiro atoms. The van der Waals surface area contributed by atoms with Gasteiger partial charge in [-0.2, -0.15) is 0 Å². The van der Waals surface area contributed by atoms with Crippen molar-refractivity contribution >= 4 is 23.4 Å². The molecule has 1 N–H and O–H groups in total. The fourth-order valence-corrected chi connectivity index (χ4v) is 1.57. The standard InChI is InChI=1S/C10H11N3O2S/c1-3-4-5-8(2)13-7-11-12-10(13)16-6-9(14)15/h3-5,7H,1-2,6H2,(H,14,15). The highest BCUT2D eigenvalue weighted by molar-refractivity contribution is 7.99. The van der Waals surface area contributed by atoms with Gasteiger partial charge in [0.1, 0.15) is 6.33 Å². The van der Waals surface area contributed by atoms with Gasteiger partial charge in [0.25, 0.3) is 0 Å². The Hall–Kier alpha value is -1.82. The zero-order chi connectivity index (χ0) is 12.0. The van der Waals surface area contributed by atoms with Crippen molar-refractivity contribution in [3.05, 3.63) is 37.7 Å². The van der Waals surface area contributed by atoms with Crippen LogP contribution in [0.25, 0.3) is 5.70 Å². The number of aliphatic carboxylic acids is 1. The maximum absolute atomic E-state index is 10.4. The van der Waals surface area contributed by atoms with Crippen LogP contribution in [0.2, 0.25) is 0 Å². The van der Waals surface area contributed by atoms with Crippen molar-refractivity contribution in [1.82, 2.24) is 14.8 Å². The number of aromatic nitrogens is 3. The Kier molecular flexibility index (Phi) is 4.53. The van der Waals surface area contributed by atoms with Crippen molar-refractivity contribution < 1.29 is 9.90 Å². The minimum atomic E-state index is -0.896. The smallest absolute Gasteiger partial charge is 0.313 e. The second-order valence-electron chi connectivity index (χ2n) is 2.75. The number of hydrogen-bond donors (Lipinski definition) is 1. The van der Waals surface area contributed by atoms with Gasteiger partial charge < -0.3 is 5.11 Å². The third kappa shape index (κ3) is 3.39. The van der Waals surface area contributed by atoms with Gasteiger partial charge in [-0.3, -0.25) is 9.36 Å². The van der Waals surface area contributed by atoms with Gasteiger partial charge in [0, 0.05) is 5.70 Å². The molecule has 6 heteroatoms. The molecule has 0 saturated carbocycles. The molecular weight excluding hydrogens is 226 g/mol. The molecule has 84 valence electrons. The Morgan fingerprint density at radius 2 is 2.44 bits per heavy atom. The summed E-state index contributed by atoms with van der Waals surface area (Å²) in [6, 6.07) is 0. The van der Waals surface area contributed by atoms with Crippen LogP contribution in [0.3, 0.4) is 0 Å². The summed E-state index contributed by atoms with van der Waals surface area (Å²) in [5.41, 5.74) is 0.651. The van der Waals surface area contributed by atoms with Crippen molar-refractivity contribution in [1.29, 1.82) is 0 Å². The molecule has 0 atom stereocenters. The van der Waals surface area contributed by atoms with E-state index in [4.69, 9.17) is 5.11 Å². The van der Waals surface area contributed by atoms with Crippen molar-refractivity contribution in [2.24, 2.45) is 0 Å². The van der Waals surface area contributed by atoms with Crippen LogP contribution in [0.1, 0.15) is 0 Å². The third-order valence-corrected chi connectivity index (χ3v) is 2.50. The zero-order valence-electron chi connectivity index (χ0n) is 8.54. The molecular formula is C10H11N3O2S. The van der Waals surface area contributed by atoms with E-state index in [0.29, 0.717) is 10.9 Å². The van der Waals surface area contributed by atoms with Crippen LogP contribution in [0.5, 0.6) is 0 Å². The highest BCUT2D eigenvalue weighted by Crippen LogP contribution is 2.18. The summed E-state index contributed by atoms with van der Waals surface area (Å²) in [5, 5.41) is 16.6. The topological polar surface area (TPSA) is 68.0 Å². The largest absolute Gasteiger partial charge is 0.481 e. The molecule has 0 aliphatic rings. The number of nitrogens with zero attached hydrogens (tertiary/aromatic N) is 3. The summed E-state index contributed by atoms with van der Waals surface area (Å²) in [5.74, 6) is -0.955. The lowest BCUT2D eigenvalue weighted by molar-refractivity contribution is -0.133. The zero-order valence-corrected chi connectivity index (χ0v) is 9.35. The Labute approximate surface area is 97.2 Å². The van der Waals surface area contributed by atoms with Gasteiger partial charge in [-0.15, -0.1) is 10.2 Å². The van der Waals surface area contributed by atoms with E-state index < -0.39 is 5.97 Å². The maximum atomic E-state index is 10.4. The van der Waals surface area contributed by atoms with E-state index >= 15 is 0 Å². The second kappa shape index (κ2) is 5.92. The second-order valence-corrected chi connectivity index (χ2v) is 3.69. The van der Waals surface area contributed by atoms with Crippen LogP contribution in [0.4, 0.5) is 0 Å². The van der Waals surface area contributed by atoms with E-state index in [1.807, 2.05) is 0 Å². The SMILES string of the molecule is C=CC=CC(=C)n1cnnc1SCC(=O)O. The van der Waals surface area contributed by atoms with Gasteiger partial charge >= 0.3 is 5.97 Å².